The number of nitrogens with two attached hydrogens (primary N) is 1. The Kier molecular flexibility index (Phi) is 4.96. The van der Waals surface area contributed by atoms with Crippen LogP contribution in [0.2, 0.25) is 0 Å². The molecule has 0 aromatic heterocycles. The van der Waals surface area contributed by atoms with E-state index in [9.17, 15) is 4.39 Å². The molecule has 0 unspecified atom stereocenters. The van der Waals surface area contributed by atoms with Crippen molar-refractivity contribution in [1.29, 1.82) is 0 Å². The maximum absolute atomic E-state index is 12.2. The van der Waals surface area contributed by atoms with Crippen molar-refractivity contribution < 1.29 is 4.39 Å². The van der Waals surface area contributed by atoms with Crippen molar-refractivity contribution in [2.45, 2.75) is 19.9 Å². The Morgan fingerprint density at radius 3 is 2.08 bits per heavy atom. The Morgan fingerprint density at radius 2 is 1.69 bits per heavy atom. The largest absolute Gasteiger partial charge is 0.322 e. The van der Waals surface area contributed by atoms with Crippen LogP contribution in [0.3, 0.4) is 0 Å². The van der Waals surface area contributed by atoms with Gasteiger partial charge in [-0.1, -0.05) is 29.3 Å². The highest BCUT2D eigenvalue weighted by atomic mass is 35.5. The lowest BCUT2D eigenvalue weighted by molar-refractivity contribution is 0.437. The van der Waals surface area contributed by atoms with Crippen LogP contribution in [-0.2, 0) is 0 Å². The molecule has 0 amide bonds. The molecule has 1 atom stereocenters. The third kappa shape index (κ3) is 3.33. The molecule has 0 fully saturated rings. The average molecular weight is 204 g/mol. The fraction of sp³-hybridized carbons (Fsp3) is 0.400. The summed E-state index contributed by atoms with van der Waals surface area (Å²) in [7, 11) is 0. The van der Waals surface area contributed by atoms with Gasteiger partial charge in [0.1, 0.15) is 6.67 Å². The van der Waals surface area contributed by atoms with E-state index < -0.39 is 12.7 Å². The predicted molar refractivity (Wildman–Crippen MR) is 56.1 cm³/mol. The van der Waals surface area contributed by atoms with Crippen LogP contribution >= 0.6 is 12.4 Å². The normalized spacial score (nSPS) is 12.0. The molecule has 1 aromatic rings. The molecule has 1 nitrogen and oxygen atoms in total. The van der Waals surface area contributed by atoms with Gasteiger partial charge in [0.05, 0.1) is 6.04 Å². The molecule has 2 N–H and O–H groups in total. The number of hydrogen-bond acceptors (Lipinski definition) is 1. The number of rotatable bonds is 2. The van der Waals surface area contributed by atoms with Crippen molar-refractivity contribution in [3.05, 3.63) is 34.9 Å². The molecule has 0 saturated heterocycles. The molecule has 74 valence electrons. The Labute approximate surface area is 84.5 Å². The highest BCUT2D eigenvalue weighted by molar-refractivity contribution is 5.85. The van der Waals surface area contributed by atoms with Gasteiger partial charge in [-0.15, -0.1) is 12.4 Å². The second-order valence-electron chi connectivity index (χ2n) is 3.18. The lowest BCUT2D eigenvalue weighted by Crippen LogP contribution is -2.12. The van der Waals surface area contributed by atoms with Crippen LogP contribution in [0.15, 0.2) is 18.2 Å². The monoisotopic (exact) mass is 203 g/mol. The molecule has 0 aliphatic heterocycles. The molecular formula is C10H15ClFN. The molecule has 3 heteroatoms. The second kappa shape index (κ2) is 5.20. The summed E-state index contributed by atoms with van der Waals surface area (Å²) < 4.78 is 12.2. The first-order valence-electron chi connectivity index (χ1n) is 4.03. The molecule has 0 aliphatic carbocycles. The summed E-state index contributed by atoms with van der Waals surface area (Å²) >= 11 is 0. The van der Waals surface area contributed by atoms with Gasteiger partial charge in [0.15, 0.2) is 0 Å². The highest BCUT2D eigenvalue weighted by Crippen LogP contribution is 2.15. The van der Waals surface area contributed by atoms with E-state index in [1.54, 1.807) is 0 Å². The number of hydrogen-bond donors (Lipinski definition) is 1. The van der Waals surface area contributed by atoms with Gasteiger partial charge in [0.2, 0.25) is 0 Å². The average Bonchev–Trinajstić information content (AvgIpc) is 2.01. The molecule has 0 bridgehead atoms. The molecule has 1 rings (SSSR count). The predicted octanol–water partition coefficient (Wildman–Crippen LogP) is 2.69. The summed E-state index contributed by atoms with van der Waals surface area (Å²) in [5.74, 6) is 0. The molecule has 1 aromatic carbocycles. The molecule has 0 aliphatic rings. The molecule has 0 radical (unpaired) electrons. The zero-order valence-electron chi connectivity index (χ0n) is 7.88. The fourth-order valence-corrected chi connectivity index (χ4v) is 1.31. The van der Waals surface area contributed by atoms with Crippen molar-refractivity contribution in [3.63, 3.8) is 0 Å². The summed E-state index contributed by atoms with van der Waals surface area (Å²) in [5.41, 5.74) is 8.71. The quantitative estimate of drug-likeness (QED) is 0.786. The van der Waals surface area contributed by atoms with Gasteiger partial charge in [-0.2, -0.15) is 0 Å². The maximum atomic E-state index is 12.2. The molecule has 0 heterocycles. The van der Waals surface area contributed by atoms with Gasteiger partial charge in [-0.05, 0) is 19.4 Å². The zero-order valence-corrected chi connectivity index (χ0v) is 8.70. The van der Waals surface area contributed by atoms with Gasteiger partial charge in [-0.3, -0.25) is 0 Å². The standard InChI is InChI=1S/C10H14FN.ClH/c1-7-3-8(2)5-9(4-7)10(12)6-11;/h3-5,10H,6,12H2,1-2H3;1H/t10-;/m1./s1. The maximum Gasteiger partial charge on any atom is 0.109 e. The number of halogens is 2. The Balaban J connectivity index is 0.00000144. The molecule has 0 spiro atoms. The van der Waals surface area contributed by atoms with E-state index in [0.717, 1.165) is 16.7 Å². The van der Waals surface area contributed by atoms with Crippen molar-refractivity contribution in [3.8, 4) is 0 Å². The van der Waals surface area contributed by atoms with Crippen molar-refractivity contribution in [1.82, 2.24) is 0 Å². The van der Waals surface area contributed by atoms with E-state index in [1.807, 2.05) is 26.0 Å². The van der Waals surface area contributed by atoms with Crippen molar-refractivity contribution in [2.24, 2.45) is 5.73 Å². The molecule has 0 saturated carbocycles. The van der Waals surface area contributed by atoms with Crippen molar-refractivity contribution in [2.75, 3.05) is 6.67 Å². The van der Waals surface area contributed by atoms with Gasteiger partial charge >= 0.3 is 0 Å². The summed E-state index contributed by atoms with van der Waals surface area (Å²) in [6.45, 7) is 3.48. The fourth-order valence-electron chi connectivity index (χ4n) is 1.31. The molecule has 13 heavy (non-hydrogen) atoms. The Bertz CT molecular complexity index is 255. The third-order valence-corrected chi connectivity index (χ3v) is 1.84. The smallest absolute Gasteiger partial charge is 0.109 e. The lowest BCUT2D eigenvalue weighted by Gasteiger charge is -2.09. The van der Waals surface area contributed by atoms with Crippen LogP contribution in [0.1, 0.15) is 22.7 Å². The van der Waals surface area contributed by atoms with Crippen LogP contribution in [0.5, 0.6) is 0 Å². The number of alkyl halides is 1. The van der Waals surface area contributed by atoms with Crippen LogP contribution in [0.4, 0.5) is 4.39 Å². The zero-order chi connectivity index (χ0) is 9.14. The Morgan fingerprint density at radius 1 is 1.23 bits per heavy atom. The minimum Gasteiger partial charge on any atom is -0.322 e. The number of aryl methyl sites for hydroxylation is 2. The minimum absolute atomic E-state index is 0. The SMILES string of the molecule is Cc1cc(C)cc([C@H](N)CF)c1.Cl. The van der Waals surface area contributed by atoms with Crippen molar-refractivity contribution >= 4 is 12.4 Å². The van der Waals surface area contributed by atoms with Gasteiger partial charge in [-0.25, -0.2) is 4.39 Å². The van der Waals surface area contributed by atoms with E-state index in [2.05, 4.69) is 6.07 Å². The van der Waals surface area contributed by atoms with E-state index in [4.69, 9.17) is 5.73 Å². The minimum atomic E-state index is -0.497. The lowest BCUT2D eigenvalue weighted by atomic mass is 10.0. The van der Waals surface area contributed by atoms with Gasteiger partial charge < -0.3 is 5.73 Å². The first kappa shape index (κ1) is 12.4. The van der Waals surface area contributed by atoms with Crippen LogP contribution in [-0.4, -0.2) is 6.67 Å². The summed E-state index contributed by atoms with van der Waals surface area (Å²) in [4.78, 5) is 0. The Hall–Kier alpha value is -0.600. The van der Waals surface area contributed by atoms with E-state index >= 15 is 0 Å². The third-order valence-electron chi connectivity index (χ3n) is 1.84. The van der Waals surface area contributed by atoms with E-state index in [1.165, 1.54) is 0 Å². The molecular weight excluding hydrogens is 189 g/mol. The summed E-state index contributed by atoms with van der Waals surface area (Å²) in [6, 6.07) is 5.44. The van der Waals surface area contributed by atoms with E-state index in [0.29, 0.717) is 0 Å². The summed E-state index contributed by atoms with van der Waals surface area (Å²) in [5, 5.41) is 0. The van der Waals surface area contributed by atoms with Crippen LogP contribution in [0, 0.1) is 13.8 Å². The second-order valence-corrected chi connectivity index (χ2v) is 3.18. The van der Waals surface area contributed by atoms with Crippen LogP contribution < -0.4 is 5.73 Å². The highest BCUT2D eigenvalue weighted by Gasteiger charge is 2.05. The summed E-state index contributed by atoms with van der Waals surface area (Å²) in [6.07, 6.45) is 0. The number of benzene rings is 1. The first-order chi connectivity index (χ1) is 5.63. The van der Waals surface area contributed by atoms with Crippen LogP contribution in [0.25, 0.3) is 0 Å². The van der Waals surface area contributed by atoms with Gasteiger partial charge in [0.25, 0.3) is 0 Å². The topological polar surface area (TPSA) is 26.0 Å². The first-order valence-corrected chi connectivity index (χ1v) is 4.03. The van der Waals surface area contributed by atoms with Gasteiger partial charge in [0, 0.05) is 0 Å². The van der Waals surface area contributed by atoms with E-state index in [-0.39, 0.29) is 12.4 Å².